The molecule has 0 unspecified atom stereocenters. The topological polar surface area (TPSA) is 16.4 Å². The summed E-state index contributed by atoms with van der Waals surface area (Å²) in [6.07, 6.45) is 0. The highest BCUT2D eigenvalue weighted by molar-refractivity contribution is 6.10. The predicted molar refractivity (Wildman–Crippen MR) is 241 cm³/mol. The van der Waals surface area contributed by atoms with Gasteiger partial charge in [-0.15, -0.1) is 0 Å². The molecule has 0 atom stereocenters. The van der Waals surface area contributed by atoms with E-state index in [4.69, 9.17) is 4.42 Å². The molecule has 0 amide bonds. The van der Waals surface area contributed by atoms with Crippen molar-refractivity contribution in [2.75, 3.05) is 4.90 Å². The van der Waals surface area contributed by atoms with E-state index in [2.05, 4.69) is 230 Å². The summed E-state index contributed by atoms with van der Waals surface area (Å²) in [5, 5.41) is 2.29. The van der Waals surface area contributed by atoms with E-state index in [1.165, 1.54) is 38.9 Å². The average molecular weight is 742 g/mol. The Balaban J connectivity index is 1.14. The van der Waals surface area contributed by atoms with Gasteiger partial charge in [0.05, 0.1) is 11.1 Å². The minimum Gasteiger partial charge on any atom is -0.455 e. The molecule has 10 aromatic rings. The van der Waals surface area contributed by atoms with Crippen LogP contribution >= 0.6 is 0 Å². The van der Waals surface area contributed by atoms with E-state index in [1.54, 1.807) is 0 Å². The molecule has 2 nitrogen and oxygen atoms in total. The van der Waals surface area contributed by atoms with Crippen molar-refractivity contribution in [2.45, 2.75) is 12.3 Å². The van der Waals surface area contributed by atoms with Crippen LogP contribution in [0.15, 0.2) is 223 Å². The fourth-order valence-electron chi connectivity index (χ4n) is 9.51. The zero-order valence-corrected chi connectivity index (χ0v) is 32.1. The summed E-state index contributed by atoms with van der Waals surface area (Å²) in [7, 11) is 0. The SMILES string of the molecule is Cc1cccc2c1oc1c(-c3ccc(N(c4ccc5c(c4)C(c4ccccc4)(c4ccccc4)c4ccccc4-5)c4ccccc4-c4ccccc4)cc3)cccc12. The molecule has 1 aromatic heterocycles. The second-order valence-corrected chi connectivity index (χ2v) is 15.3. The van der Waals surface area contributed by atoms with Gasteiger partial charge in [0.2, 0.25) is 0 Å². The normalized spacial score (nSPS) is 12.7. The van der Waals surface area contributed by atoms with E-state index < -0.39 is 5.41 Å². The molecular formula is C56H39NO. The lowest BCUT2D eigenvalue weighted by molar-refractivity contribution is 0.667. The van der Waals surface area contributed by atoms with Crippen LogP contribution in [0.25, 0.3) is 55.3 Å². The van der Waals surface area contributed by atoms with Crippen molar-refractivity contribution in [3.05, 3.63) is 246 Å². The quantitative estimate of drug-likeness (QED) is 0.162. The van der Waals surface area contributed by atoms with Gasteiger partial charge in [-0.1, -0.05) is 188 Å². The van der Waals surface area contributed by atoms with Gasteiger partial charge >= 0.3 is 0 Å². The Labute approximate surface area is 338 Å². The van der Waals surface area contributed by atoms with E-state index >= 15 is 0 Å². The fourth-order valence-corrected chi connectivity index (χ4v) is 9.51. The largest absolute Gasteiger partial charge is 0.455 e. The molecule has 0 spiro atoms. The monoisotopic (exact) mass is 741 g/mol. The molecule has 0 saturated carbocycles. The van der Waals surface area contributed by atoms with Crippen molar-refractivity contribution >= 4 is 39.0 Å². The van der Waals surface area contributed by atoms with Crippen LogP contribution in [0.3, 0.4) is 0 Å². The molecule has 274 valence electrons. The smallest absolute Gasteiger partial charge is 0.143 e. The molecule has 9 aromatic carbocycles. The maximum absolute atomic E-state index is 6.60. The van der Waals surface area contributed by atoms with Gasteiger partial charge in [0.25, 0.3) is 0 Å². The molecule has 2 heteroatoms. The summed E-state index contributed by atoms with van der Waals surface area (Å²) in [4.78, 5) is 2.43. The van der Waals surface area contributed by atoms with Gasteiger partial charge in [0.15, 0.2) is 0 Å². The number of fused-ring (bicyclic) bond motifs is 6. The van der Waals surface area contributed by atoms with E-state index in [9.17, 15) is 0 Å². The molecule has 1 heterocycles. The number of aryl methyl sites for hydroxylation is 1. The van der Waals surface area contributed by atoms with E-state index in [0.29, 0.717) is 0 Å². The van der Waals surface area contributed by atoms with Gasteiger partial charge in [-0.25, -0.2) is 0 Å². The summed E-state index contributed by atoms with van der Waals surface area (Å²) in [6.45, 7) is 2.11. The van der Waals surface area contributed by atoms with Crippen molar-refractivity contribution in [1.82, 2.24) is 0 Å². The van der Waals surface area contributed by atoms with Crippen LogP contribution in [0.2, 0.25) is 0 Å². The van der Waals surface area contributed by atoms with Gasteiger partial charge in [-0.2, -0.15) is 0 Å². The van der Waals surface area contributed by atoms with Crippen molar-refractivity contribution in [3.63, 3.8) is 0 Å². The summed E-state index contributed by atoms with van der Waals surface area (Å²) in [6, 6.07) is 79.4. The molecule has 1 aliphatic rings. The maximum atomic E-state index is 6.60. The van der Waals surface area contributed by atoms with Crippen molar-refractivity contribution in [1.29, 1.82) is 0 Å². The number of anilines is 3. The molecule has 58 heavy (non-hydrogen) atoms. The first kappa shape index (κ1) is 33.9. The van der Waals surface area contributed by atoms with Crippen LogP contribution in [0.1, 0.15) is 27.8 Å². The van der Waals surface area contributed by atoms with Crippen LogP contribution in [-0.2, 0) is 5.41 Å². The third-order valence-corrected chi connectivity index (χ3v) is 12.1. The van der Waals surface area contributed by atoms with Crippen LogP contribution in [0, 0.1) is 6.92 Å². The zero-order chi connectivity index (χ0) is 38.6. The van der Waals surface area contributed by atoms with Gasteiger partial charge in [0.1, 0.15) is 11.2 Å². The predicted octanol–water partition coefficient (Wildman–Crippen LogP) is 15.1. The highest BCUT2D eigenvalue weighted by atomic mass is 16.3. The Bertz CT molecular complexity index is 3070. The molecule has 0 radical (unpaired) electrons. The Morgan fingerprint density at radius 2 is 0.914 bits per heavy atom. The molecule has 0 fully saturated rings. The number of nitrogens with zero attached hydrogens (tertiary/aromatic N) is 1. The first-order chi connectivity index (χ1) is 28.7. The minimum atomic E-state index is -0.511. The second kappa shape index (κ2) is 13.7. The average Bonchev–Trinajstić information content (AvgIpc) is 3.83. The van der Waals surface area contributed by atoms with Crippen LogP contribution in [-0.4, -0.2) is 0 Å². The third-order valence-electron chi connectivity index (χ3n) is 12.1. The molecule has 1 aliphatic carbocycles. The number of para-hydroxylation sites is 3. The third kappa shape index (κ3) is 5.19. The lowest BCUT2D eigenvalue weighted by atomic mass is 9.67. The summed E-state index contributed by atoms with van der Waals surface area (Å²) in [5.74, 6) is 0. The first-order valence-electron chi connectivity index (χ1n) is 20.0. The van der Waals surface area contributed by atoms with Gasteiger partial charge in [-0.05, 0) is 87.3 Å². The minimum absolute atomic E-state index is 0.511. The lowest BCUT2D eigenvalue weighted by Crippen LogP contribution is -2.28. The molecule has 0 aliphatic heterocycles. The lowest BCUT2D eigenvalue weighted by Gasteiger charge is -2.35. The van der Waals surface area contributed by atoms with E-state index in [0.717, 1.165) is 61.3 Å². The number of hydrogen-bond acceptors (Lipinski definition) is 2. The van der Waals surface area contributed by atoms with Gasteiger partial charge < -0.3 is 9.32 Å². The van der Waals surface area contributed by atoms with Crippen LogP contribution in [0.5, 0.6) is 0 Å². The van der Waals surface area contributed by atoms with E-state index in [1.807, 2.05) is 0 Å². The van der Waals surface area contributed by atoms with Crippen molar-refractivity contribution < 1.29 is 4.42 Å². The van der Waals surface area contributed by atoms with Gasteiger partial charge in [0, 0.05) is 33.3 Å². The summed E-state index contributed by atoms with van der Waals surface area (Å²) in [5.41, 5.74) is 17.9. The number of hydrogen-bond donors (Lipinski definition) is 0. The zero-order valence-electron chi connectivity index (χ0n) is 32.1. The van der Waals surface area contributed by atoms with Crippen LogP contribution < -0.4 is 4.90 Å². The highest BCUT2D eigenvalue weighted by Crippen LogP contribution is 2.57. The number of benzene rings is 9. The molecule has 0 bridgehead atoms. The first-order valence-corrected chi connectivity index (χ1v) is 20.0. The van der Waals surface area contributed by atoms with Crippen molar-refractivity contribution in [3.8, 4) is 33.4 Å². The Hall–Kier alpha value is -7.42. The van der Waals surface area contributed by atoms with E-state index in [-0.39, 0.29) is 0 Å². The summed E-state index contributed by atoms with van der Waals surface area (Å²) >= 11 is 0. The second-order valence-electron chi connectivity index (χ2n) is 15.3. The molecule has 11 rings (SSSR count). The standard InChI is InChI=1S/C56H39NO/c1-38-17-15-27-49-50-28-16-26-46(55(50)58-54(38)49)40-31-33-43(34-32-40)57(53-30-14-12-24-45(53)39-18-5-2-6-19-39)44-35-36-48-47-25-11-13-29-51(47)56(52(48)37-44,41-20-7-3-8-21-41)42-22-9-4-10-23-42/h2-37H,1H3. The molecule has 0 N–H and O–H groups in total. The molecule has 0 saturated heterocycles. The Morgan fingerprint density at radius 1 is 0.379 bits per heavy atom. The maximum Gasteiger partial charge on any atom is 0.143 e. The Kier molecular flexibility index (Phi) is 7.97. The highest BCUT2D eigenvalue weighted by Gasteiger charge is 2.46. The Morgan fingerprint density at radius 3 is 1.64 bits per heavy atom. The molecular weight excluding hydrogens is 703 g/mol. The van der Waals surface area contributed by atoms with Crippen molar-refractivity contribution in [2.24, 2.45) is 0 Å². The fraction of sp³-hybridized carbons (Fsp3) is 0.0357. The summed E-state index contributed by atoms with van der Waals surface area (Å²) < 4.78 is 6.60. The van der Waals surface area contributed by atoms with Gasteiger partial charge in [-0.3, -0.25) is 0 Å². The number of furan rings is 1. The van der Waals surface area contributed by atoms with Crippen LogP contribution in [0.4, 0.5) is 17.1 Å². The number of rotatable bonds is 7.